The molecule has 0 amide bonds. The van der Waals surface area contributed by atoms with E-state index in [2.05, 4.69) is 154 Å². The molecule has 0 bridgehead atoms. The molecule has 71 heavy (non-hydrogen) atoms. The molecule has 0 saturated carbocycles. The molecule has 0 saturated heterocycles. The van der Waals surface area contributed by atoms with E-state index in [0.717, 1.165) is 77.0 Å². The fraction of sp³-hybridized carbons (Fsp3) is 0.585. The zero-order chi connectivity index (χ0) is 51.4. The summed E-state index contributed by atoms with van der Waals surface area (Å²) in [6, 6.07) is 0. The lowest BCUT2D eigenvalue weighted by atomic mass is 10.1. The highest BCUT2D eigenvalue weighted by molar-refractivity contribution is 5.71. The van der Waals surface area contributed by atoms with Gasteiger partial charge >= 0.3 is 17.9 Å². The molecular formula is C65H102O6. The first-order valence-electron chi connectivity index (χ1n) is 28.3. The van der Waals surface area contributed by atoms with Crippen LogP contribution in [0.2, 0.25) is 0 Å². The van der Waals surface area contributed by atoms with Crippen molar-refractivity contribution in [3.63, 3.8) is 0 Å². The van der Waals surface area contributed by atoms with Gasteiger partial charge in [-0.3, -0.25) is 14.4 Å². The van der Waals surface area contributed by atoms with Crippen molar-refractivity contribution >= 4 is 17.9 Å². The minimum Gasteiger partial charge on any atom is -0.462 e. The van der Waals surface area contributed by atoms with Gasteiger partial charge in [0.2, 0.25) is 0 Å². The van der Waals surface area contributed by atoms with Crippen LogP contribution < -0.4 is 0 Å². The van der Waals surface area contributed by atoms with Gasteiger partial charge in [0, 0.05) is 19.3 Å². The van der Waals surface area contributed by atoms with Crippen LogP contribution in [0.5, 0.6) is 0 Å². The summed E-state index contributed by atoms with van der Waals surface area (Å²) < 4.78 is 16.7. The zero-order valence-corrected chi connectivity index (χ0v) is 45.4. The van der Waals surface area contributed by atoms with Gasteiger partial charge in [0.15, 0.2) is 6.10 Å². The number of esters is 3. The van der Waals surface area contributed by atoms with Gasteiger partial charge in [-0.05, 0) is 122 Å². The average molecular weight is 980 g/mol. The Hall–Kier alpha value is -4.71. The first kappa shape index (κ1) is 66.3. The largest absolute Gasteiger partial charge is 0.462 e. The summed E-state index contributed by atoms with van der Waals surface area (Å²) in [5.41, 5.74) is 0. The Kier molecular flexibility index (Phi) is 54.0. The maximum atomic E-state index is 12.8. The highest BCUT2D eigenvalue weighted by Crippen LogP contribution is 2.11. The molecule has 398 valence electrons. The molecule has 0 aliphatic carbocycles. The van der Waals surface area contributed by atoms with Crippen molar-refractivity contribution in [3.8, 4) is 0 Å². The van der Waals surface area contributed by atoms with Crippen LogP contribution in [0, 0.1) is 0 Å². The molecule has 6 nitrogen and oxygen atoms in total. The second-order valence-electron chi connectivity index (χ2n) is 18.1. The van der Waals surface area contributed by atoms with E-state index in [1.807, 2.05) is 12.2 Å². The fourth-order valence-corrected chi connectivity index (χ4v) is 7.09. The summed E-state index contributed by atoms with van der Waals surface area (Å²) in [5, 5.41) is 0. The molecule has 6 heteroatoms. The van der Waals surface area contributed by atoms with Gasteiger partial charge in [-0.25, -0.2) is 0 Å². The molecular weight excluding hydrogens is 877 g/mol. The van der Waals surface area contributed by atoms with E-state index in [0.29, 0.717) is 19.3 Å². The number of hydrogen-bond donors (Lipinski definition) is 0. The SMILES string of the molecule is CC/C=C\C/C=C\C/C=C\C/C=C\C/C=C\C/C=C\CCC(=O)OC[C@H](COC(=O)CCC/C=C\C/C=C\C/C=C\CCCCCCCC)OC(=O)CCC/C=C\C/C=C\C/C=C\CCCCCCCC. The van der Waals surface area contributed by atoms with Crippen molar-refractivity contribution in [3.05, 3.63) is 146 Å². The third-order valence-corrected chi connectivity index (χ3v) is 11.3. The first-order chi connectivity index (χ1) is 35.0. The van der Waals surface area contributed by atoms with E-state index in [1.54, 1.807) is 0 Å². The van der Waals surface area contributed by atoms with Gasteiger partial charge in [-0.1, -0.05) is 231 Å². The minimum atomic E-state index is -0.862. The Bertz CT molecular complexity index is 1590. The monoisotopic (exact) mass is 979 g/mol. The van der Waals surface area contributed by atoms with Crippen LogP contribution in [0.1, 0.15) is 226 Å². The first-order valence-corrected chi connectivity index (χ1v) is 28.3. The summed E-state index contributed by atoms with van der Waals surface area (Å²) in [7, 11) is 0. The predicted octanol–water partition coefficient (Wildman–Crippen LogP) is 19.2. The third-order valence-electron chi connectivity index (χ3n) is 11.3. The number of rotatable bonds is 49. The lowest BCUT2D eigenvalue weighted by molar-refractivity contribution is -0.166. The van der Waals surface area contributed by atoms with E-state index in [-0.39, 0.29) is 44.4 Å². The summed E-state index contributed by atoms with van der Waals surface area (Å²) in [6.07, 6.45) is 82.9. The van der Waals surface area contributed by atoms with Crippen molar-refractivity contribution in [1.29, 1.82) is 0 Å². The van der Waals surface area contributed by atoms with Crippen LogP contribution in [0.25, 0.3) is 0 Å². The molecule has 0 rings (SSSR count). The number of hydrogen-bond acceptors (Lipinski definition) is 6. The number of carbonyl (C=O) groups is 3. The zero-order valence-electron chi connectivity index (χ0n) is 45.4. The predicted molar refractivity (Wildman–Crippen MR) is 306 cm³/mol. The van der Waals surface area contributed by atoms with Crippen molar-refractivity contribution in [2.24, 2.45) is 0 Å². The number of unbranched alkanes of at least 4 members (excludes halogenated alkanes) is 14. The van der Waals surface area contributed by atoms with Gasteiger partial charge in [-0.15, -0.1) is 0 Å². The standard InChI is InChI=1S/C65H102O6/c1-4-7-10-13-16-19-22-25-28-31-32-35-37-40-43-46-49-52-55-58-64(67)70-61-62(71-65(68)59-56-53-50-47-44-41-38-34-30-27-24-21-18-15-12-9-6-3)60-69-63(66)57-54-51-48-45-42-39-36-33-29-26-23-20-17-14-11-8-5-2/h7,10,16,19,25-30,32,35-36,38-41,43,45,47-50,52,62H,4-6,8-9,11-15,17-18,20-24,31,33-34,37,42,44,46,51,53-61H2,1-3H3/b10-7-,19-16-,28-25-,29-26-,30-27-,35-32-,39-36-,41-38-,43-40-,48-45-,50-47-,52-49-/t62-/m0/s1. The molecule has 0 aliphatic rings. The van der Waals surface area contributed by atoms with Crippen LogP contribution in [0.3, 0.4) is 0 Å². The summed E-state index contributed by atoms with van der Waals surface area (Å²) >= 11 is 0. The Balaban J connectivity index is 4.67. The molecule has 0 radical (unpaired) electrons. The number of allylic oxidation sites excluding steroid dienone is 24. The number of ether oxygens (including phenoxy) is 3. The fourth-order valence-electron chi connectivity index (χ4n) is 7.09. The average Bonchev–Trinajstić information content (AvgIpc) is 3.37. The van der Waals surface area contributed by atoms with Crippen LogP contribution in [0.4, 0.5) is 0 Å². The summed E-state index contributed by atoms with van der Waals surface area (Å²) in [4.78, 5) is 38.1. The summed E-state index contributed by atoms with van der Waals surface area (Å²) in [5.74, 6) is -1.15. The van der Waals surface area contributed by atoms with Crippen molar-refractivity contribution in [1.82, 2.24) is 0 Å². The molecule has 0 aromatic carbocycles. The maximum Gasteiger partial charge on any atom is 0.306 e. The molecule has 0 aromatic rings. The van der Waals surface area contributed by atoms with Crippen molar-refractivity contribution in [2.75, 3.05) is 13.2 Å². The normalized spacial score (nSPS) is 13.2. The number of carbonyl (C=O) groups excluding carboxylic acids is 3. The van der Waals surface area contributed by atoms with Gasteiger partial charge in [-0.2, -0.15) is 0 Å². The molecule has 1 atom stereocenters. The minimum absolute atomic E-state index is 0.153. The third kappa shape index (κ3) is 56.1. The highest BCUT2D eigenvalue weighted by atomic mass is 16.6. The molecule has 0 aliphatic heterocycles. The van der Waals surface area contributed by atoms with Gasteiger partial charge in [0.25, 0.3) is 0 Å². The highest BCUT2D eigenvalue weighted by Gasteiger charge is 2.19. The molecule has 0 N–H and O–H groups in total. The molecule has 0 aromatic heterocycles. The molecule has 0 spiro atoms. The molecule has 0 heterocycles. The van der Waals surface area contributed by atoms with E-state index in [9.17, 15) is 14.4 Å². The maximum absolute atomic E-state index is 12.8. The van der Waals surface area contributed by atoms with Gasteiger partial charge in [0.05, 0.1) is 0 Å². The topological polar surface area (TPSA) is 78.9 Å². The lowest BCUT2D eigenvalue weighted by Crippen LogP contribution is -2.30. The Morgan fingerprint density at radius 1 is 0.296 bits per heavy atom. The van der Waals surface area contributed by atoms with E-state index < -0.39 is 12.1 Å². The second kappa shape index (κ2) is 57.9. The smallest absolute Gasteiger partial charge is 0.306 e. The molecule has 0 fully saturated rings. The Labute approximate surface area is 436 Å². The second-order valence-corrected chi connectivity index (χ2v) is 18.1. The van der Waals surface area contributed by atoms with Crippen LogP contribution in [-0.4, -0.2) is 37.2 Å². The quantitative estimate of drug-likeness (QED) is 0.0262. The van der Waals surface area contributed by atoms with Crippen molar-refractivity contribution < 1.29 is 28.6 Å². The van der Waals surface area contributed by atoms with Crippen LogP contribution in [0.15, 0.2) is 146 Å². The van der Waals surface area contributed by atoms with Crippen LogP contribution >= 0.6 is 0 Å². The van der Waals surface area contributed by atoms with Gasteiger partial charge in [0.1, 0.15) is 13.2 Å². The Morgan fingerprint density at radius 3 is 0.944 bits per heavy atom. The Morgan fingerprint density at radius 2 is 0.577 bits per heavy atom. The van der Waals surface area contributed by atoms with Gasteiger partial charge < -0.3 is 14.2 Å². The lowest BCUT2D eigenvalue weighted by Gasteiger charge is -2.18. The van der Waals surface area contributed by atoms with Crippen molar-refractivity contribution in [2.45, 2.75) is 232 Å². The van der Waals surface area contributed by atoms with Crippen LogP contribution in [-0.2, 0) is 28.6 Å². The molecule has 0 unspecified atom stereocenters. The van der Waals surface area contributed by atoms with E-state index in [1.165, 1.54) is 89.9 Å². The van der Waals surface area contributed by atoms with E-state index in [4.69, 9.17) is 14.2 Å². The van der Waals surface area contributed by atoms with E-state index >= 15 is 0 Å². The summed E-state index contributed by atoms with van der Waals surface area (Å²) in [6.45, 7) is 6.34.